The van der Waals surface area contributed by atoms with Crippen LogP contribution in [0.15, 0.2) is 18.7 Å². The summed E-state index contributed by atoms with van der Waals surface area (Å²) in [6.07, 6.45) is 5.49. The largest absolute Gasteiger partial charge is 0.395 e. The lowest BCUT2D eigenvalue weighted by Gasteiger charge is -2.20. The van der Waals surface area contributed by atoms with Gasteiger partial charge in [0.1, 0.15) is 6.33 Å². The predicted molar refractivity (Wildman–Crippen MR) is 52.0 cm³/mol. The van der Waals surface area contributed by atoms with Crippen LogP contribution in [0, 0.1) is 0 Å². The van der Waals surface area contributed by atoms with Gasteiger partial charge < -0.3 is 10.0 Å². The number of aliphatic hydroxyl groups is 1. The summed E-state index contributed by atoms with van der Waals surface area (Å²) in [6.45, 7) is 2.99. The average Bonchev–Trinajstić information content (AvgIpc) is 2.69. The fraction of sp³-hybridized carbons (Fsp3) is 0.556. The van der Waals surface area contributed by atoms with Crippen LogP contribution in [0.25, 0.3) is 0 Å². The Hall–Kier alpha value is -1.36. The van der Waals surface area contributed by atoms with Gasteiger partial charge in [0, 0.05) is 25.5 Å². The molecule has 0 spiro atoms. The highest BCUT2D eigenvalue weighted by Gasteiger charge is 2.12. The molecule has 0 unspecified atom stereocenters. The van der Waals surface area contributed by atoms with E-state index in [1.165, 1.54) is 10.9 Å². The summed E-state index contributed by atoms with van der Waals surface area (Å²) in [4.78, 5) is 17.1. The van der Waals surface area contributed by atoms with Crippen LogP contribution in [-0.2, 0) is 0 Å². The van der Waals surface area contributed by atoms with Crippen LogP contribution in [0.4, 0.5) is 4.79 Å². The molecule has 5 heteroatoms. The Morgan fingerprint density at radius 3 is 2.86 bits per heavy atom. The van der Waals surface area contributed by atoms with Crippen molar-refractivity contribution < 1.29 is 9.90 Å². The molecule has 0 aromatic carbocycles. The Bertz CT molecular complexity index is 266. The maximum atomic E-state index is 11.7. The molecule has 1 rings (SSSR count). The quantitative estimate of drug-likeness (QED) is 0.767. The van der Waals surface area contributed by atoms with Gasteiger partial charge in [0.25, 0.3) is 0 Å². The Labute approximate surface area is 83.0 Å². The number of nitrogens with zero attached hydrogens (tertiary/aromatic N) is 3. The zero-order valence-corrected chi connectivity index (χ0v) is 8.26. The lowest BCUT2D eigenvalue weighted by Crippen LogP contribution is -2.36. The van der Waals surface area contributed by atoms with E-state index in [2.05, 4.69) is 4.98 Å². The Morgan fingerprint density at radius 1 is 1.57 bits per heavy atom. The van der Waals surface area contributed by atoms with Crippen molar-refractivity contribution in [2.45, 2.75) is 13.3 Å². The molecule has 14 heavy (non-hydrogen) atoms. The molecule has 0 aliphatic carbocycles. The Morgan fingerprint density at radius 2 is 2.36 bits per heavy atom. The molecular weight excluding hydrogens is 182 g/mol. The third-order valence-corrected chi connectivity index (χ3v) is 1.86. The minimum atomic E-state index is -0.140. The molecule has 1 amide bonds. The number of amides is 1. The lowest BCUT2D eigenvalue weighted by atomic mass is 10.4. The maximum absolute atomic E-state index is 11.7. The molecule has 1 aromatic rings. The number of hydrogen-bond acceptors (Lipinski definition) is 3. The summed E-state index contributed by atoms with van der Waals surface area (Å²) in [7, 11) is 0. The fourth-order valence-electron chi connectivity index (χ4n) is 1.23. The smallest absolute Gasteiger partial charge is 0.329 e. The van der Waals surface area contributed by atoms with Gasteiger partial charge in [0.2, 0.25) is 0 Å². The van der Waals surface area contributed by atoms with Gasteiger partial charge in [-0.25, -0.2) is 9.78 Å². The third-order valence-electron chi connectivity index (χ3n) is 1.86. The SMILES string of the molecule is CCCN(CCO)C(=O)n1ccnc1. The van der Waals surface area contributed by atoms with Crippen molar-refractivity contribution in [1.82, 2.24) is 14.5 Å². The highest BCUT2D eigenvalue weighted by atomic mass is 16.3. The molecule has 1 heterocycles. The third kappa shape index (κ3) is 2.56. The van der Waals surface area contributed by atoms with E-state index >= 15 is 0 Å². The van der Waals surface area contributed by atoms with Gasteiger partial charge in [-0.15, -0.1) is 0 Å². The average molecular weight is 197 g/mol. The van der Waals surface area contributed by atoms with E-state index in [9.17, 15) is 4.79 Å². The van der Waals surface area contributed by atoms with E-state index in [0.29, 0.717) is 13.1 Å². The Kier molecular flexibility index (Phi) is 4.12. The predicted octanol–water partition coefficient (Wildman–Crippen LogP) is 0.556. The van der Waals surface area contributed by atoms with E-state index in [1.807, 2.05) is 6.92 Å². The van der Waals surface area contributed by atoms with Crippen LogP contribution in [-0.4, -0.2) is 45.3 Å². The molecule has 1 N–H and O–H groups in total. The van der Waals surface area contributed by atoms with Crippen molar-refractivity contribution in [3.8, 4) is 0 Å². The zero-order valence-electron chi connectivity index (χ0n) is 8.26. The topological polar surface area (TPSA) is 58.4 Å². The van der Waals surface area contributed by atoms with Crippen LogP contribution in [0.2, 0.25) is 0 Å². The molecule has 0 saturated carbocycles. The zero-order chi connectivity index (χ0) is 10.4. The molecule has 0 radical (unpaired) electrons. The second-order valence-electron chi connectivity index (χ2n) is 2.96. The van der Waals surface area contributed by atoms with Crippen LogP contribution >= 0.6 is 0 Å². The highest BCUT2D eigenvalue weighted by Crippen LogP contribution is 1.97. The van der Waals surface area contributed by atoms with Crippen molar-refractivity contribution in [2.24, 2.45) is 0 Å². The molecule has 0 aliphatic heterocycles. The molecule has 0 saturated heterocycles. The second-order valence-corrected chi connectivity index (χ2v) is 2.96. The highest BCUT2D eigenvalue weighted by molar-refractivity contribution is 5.76. The molecule has 0 aliphatic rings. The number of aromatic nitrogens is 2. The van der Waals surface area contributed by atoms with E-state index in [1.54, 1.807) is 17.3 Å². The summed E-state index contributed by atoms with van der Waals surface area (Å²) in [5, 5.41) is 8.79. The van der Waals surface area contributed by atoms with Crippen molar-refractivity contribution in [3.63, 3.8) is 0 Å². The first kappa shape index (κ1) is 10.7. The molecule has 5 nitrogen and oxygen atoms in total. The van der Waals surface area contributed by atoms with Crippen molar-refractivity contribution in [2.75, 3.05) is 19.7 Å². The van der Waals surface area contributed by atoms with Gasteiger partial charge in [0.15, 0.2) is 0 Å². The normalized spacial score (nSPS) is 10.1. The summed E-state index contributed by atoms with van der Waals surface area (Å²) >= 11 is 0. The number of carbonyl (C=O) groups excluding carboxylic acids is 1. The standard InChI is InChI=1S/C9H15N3O2/c1-2-4-11(6-7-13)9(14)12-5-3-10-8-12/h3,5,8,13H,2,4,6-7H2,1H3. The van der Waals surface area contributed by atoms with E-state index in [-0.39, 0.29) is 12.6 Å². The van der Waals surface area contributed by atoms with Gasteiger partial charge >= 0.3 is 6.03 Å². The monoisotopic (exact) mass is 197 g/mol. The molecule has 0 fully saturated rings. The first-order valence-corrected chi connectivity index (χ1v) is 4.67. The van der Waals surface area contributed by atoms with Gasteiger partial charge in [0.05, 0.1) is 6.61 Å². The molecule has 0 bridgehead atoms. The van der Waals surface area contributed by atoms with Crippen molar-refractivity contribution in [1.29, 1.82) is 0 Å². The van der Waals surface area contributed by atoms with Gasteiger partial charge in [-0.05, 0) is 6.42 Å². The van der Waals surface area contributed by atoms with Crippen LogP contribution in [0.5, 0.6) is 0 Å². The van der Waals surface area contributed by atoms with Gasteiger partial charge in [-0.2, -0.15) is 0 Å². The van der Waals surface area contributed by atoms with Crippen LogP contribution in [0.1, 0.15) is 13.3 Å². The summed E-state index contributed by atoms with van der Waals surface area (Å²) in [5.41, 5.74) is 0. The molecule has 1 aromatic heterocycles. The number of hydrogen-bond donors (Lipinski definition) is 1. The molecule has 0 atom stereocenters. The number of aliphatic hydroxyl groups excluding tert-OH is 1. The molecule has 78 valence electrons. The van der Waals surface area contributed by atoms with E-state index < -0.39 is 0 Å². The lowest BCUT2D eigenvalue weighted by molar-refractivity contribution is 0.178. The van der Waals surface area contributed by atoms with Crippen molar-refractivity contribution >= 4 is 6.03 Å². The minimum absolute atomic E-state index is 0.0135. The number of imidazole rings is 1. The minimum Gasteiger partial charge on any atom is -0.395 e. The van der Waals surface area contributed by atoms with Crippen LogP contribution in [0.3, 0.4) is 0 Å². The number of rotatable bonds is 4. The van der Waals surface area contributed by atoms with E-state index in [4.69, 9.17) is 5.11 Å². The first-order valence-electron chi connectivity index (χ1n) is 4.67. The number of carbonyl (C=O) groups is 1. The first-order chi connectivity index (χ1) is 6.79. The maximum Gasteiger partial charge on any atom is 0.329 e. The summed E-state index contributed by atoms with van der Waals surface area (Å²) < 4.78 is 1.41. The van der Waals surface area contributed by atoms with Gasteiger partial charge in [-0.1, -0.05) is 6.92 Å². The van der Waals surface area contributed by atoms with E-state index in [0.717, 1.165) is 6.42 Å². The van der Waals surface area contributed by atoms with Gasteiger partial charge in [-0.3, -0.25) is 4.57 Å². The summed E-state index contributed by atoms with van der Waals surface area (Å²) in [5.74, 6) is 0. The van der Waals surface area contributed by atoms with Crippen molar-refractivity contribution in [3.05, 3.63) is 18.7 Å². The van der Waals surface area contributed by atoms with Crippen LogP contribution < -0.4 is 0 Å². The Balaban J connectivity index is 2.63. The molecular formula is C9H15N3O2. The second kappa shape index (κ2) is 5.39. The summed E-state index contributed by atoms with van der Waals surface area (Å²) in [6, 6.07) is -0.140. The fourth-order valence-corrected chi connectivity index (χ4v) is 1.23.